The number of aromatic nitrogens is 2. The molecular weight excluding hydrogens is 381 g/mol. The van der Waals surface area contributed by atoms with E-state index < -0.39 is 11.7 Å². The van der Waals surface area contributed by atoms with Gasteiger partial charge >= 0.3 is 0 Å². The molecule has 0 aliphatic carbocycles. The number of amides is 1. The first-order chi connectivity index (χ1) is 13.5. The van der Waals surface area contributed by atoms with Crippen molar-refractivity contribution in [3.05, 3.63) is 99.7 Å². The molecule has 7 heteroatoms. The van der Waals surface area contributed by atoms with Crippen LogP contribution in [-0.2, 0) is 0 Å². The molecule has 1 N–H and O–H groups in total. The molecule has 0 spiro atoms. The SMILES string of the molecule is O=C(Nc1ccccc1F)c1nn(-c2ccc(Cl)cc2)c(=O)c2ccccc12. The molecule has 138 valence electrons. The van der Waals surface area contributed by atoms with Crippen LogP contribution in [0.4, 0.5) is 10.1 Å². The van der Waals surface area contributed by atoms with Crippen molar-refractivity contribution in [1.29, 1.82) is 0 Å². The van der Waals surface area contributed by atoms with Gasteiger partial charge in [-0.2, -0.15) is 9.78 Å². The van der Waals surface area contributed by atoms with Crippen LogP contribution in [0.15, 0.2) is 77.6 Å². The van der Waals surface area contributed by atoms with E-state index in [1.165, 1.54) is 18.2 Å². The number of halogens is 2. The topological polar surface area (TPSA) is 64.0 Å². The van der Waals surface area contributed by atoms with Crippen LogP contribution in [0.5, 0.6) is 0 Å². The first kappa shape index (κ1) is 17.9. The summed E-state index contributed by atoms with van der Waals surface area (Å²) in [6.07, 6.45) is 0. The Morgan fingerprint density at radius 1 is 0.929 bits per heavy atom. The Hall–Kier alpha value is -3.51. The Kier molecular flexibility index (Phi) is 4.63. The molecule has 0 unspecified atom stereocenters. The first-order valence-corrected chi connectivity index (χ1v) is 8.76. The number of anilines is 1. The summed E-state index contributed by atoms with van der Waals surface area (Å²) in [6, 6.07) is 19.0. The van der Waals surface area contributed by atoms with Crippen molar-refractivity contribution in [3.8, 4) is 5.69 Å². The molecule has 1 amide bonds. The van der Waals surface area contributed by atoms with E-state index in [1.54, 1.807) is 54.6 Å². The number of benzene rings is 3. The minimum Gasteiger partial charge on any atom is -0.318 e. The number of nitrogens with one attached hydrogen (secondary N) is 1. The van der Waals surface area contributed by atoms with Gasteiger partial charge in [-0.05, 0) is 42.5 Å². The van der Waals surface area contributed by atoms with Crippen LogP contribution in [0.1, 0.15) is 10.5 Å². The van der Waals surface area contributed by atoms with Gasteiger partial charge in [0.2, 0.25) is 0 Å². The van der Waals surface area contributed by atoms with Crippen LogP contribution in [0.3, 0.4) is 0 Å². The van der Waals surface area contributed by atoms with Gasteiger partial charge in [0.25, 0.3) is 11.5 Å². The van der Waals surface area contributed by atoms with Gasteiger partial charge in [0.05, 0.1) is 16.8 Å². The average molecular weight is 394 g/mol. The third kappa shape index (κ3) is 3.25. The molecule has 0 fully saturated rings. The lowest BCUT2D eigenvalue weighted by molar-refractivity contribution is 0.102. The molecule has 3 aromatic carbocycles. The van der Waals surface area contributed by atoms with Crippen LogP contribution < -0.4 is 10.9 Å². The Balaban J connectivity index is 1.89. The lowest BCUT2D eigenvalue weighted by Crippen LogP contribution is -2.26. The highest BCUT2D eigenvalue weighted by Gasteiger charge is 2.18. The Bertz CT molecular complexity index is 1250. The van der Waals surface area contributed by atoms with Crippen molar-refractivity contribution in [2.24, 2.45) is 0 Å². The molecule has 0 aliphatic rings. The number of hydrogen-bond acceptors (Lipinski definition) is 3. The van der Waals surface area contributed by atoms with E-state index in [2.05, 4.69) is 10.4 Å². The molecule has 1 aromatic heterocycles. The summed E-state index contributed by atoms with van der Waals surface area (Å²) in [5.41, 5.74) is 0.122. The number of rotatable bonds is 3. The van der Waals surface area contributed by atoms with Gasteiger partial charge in [-0.1, -0.05) is 41.9 Å². The highest BCUT2D eigenvalue weighted by molar-refractivity contribution is 6.30. The van der Waals surface area contributed by atoms with Gasteiger partial charge in [-0.25, -0.2) is 4.39 Å². The monoisotopic (exact) mass is 393 g/mol. The maximum Gasteiger partial charge on any atom is 0.279 e. The highest BCUT2D eigenvalue weighted by Crippen LogP contribution is 2.19. The van der Waals surface area contributed by atoms with Crippen LogP contribution in [0.25, 0.3) is 16.5 Å². The van der Waals surface area contributed by atoms with Crippen LogP contribution in [0, 0.1) is 5.82 Å². The van der Waals surface area contributed by atoms with E-state index in [0.29, 0.717) is 21.5 Å². The van der Waals surface area contributed by atoms with E-state index in [9.17, 15) is 14.0 Å². The maximum atomic E-state index is 13.9. The zero-order chi connectivity index (χ0) is 19.7. The third-order valence-corrected chi connectivity index (χ3v) is 4.47. The minimum absolute atomic E-state index is 0.00778. The molecular formula is C21H13ClFN3O2. The Morgan fingerprint density at radius 3 is 2.29 bits per heavy atom. The van der Waals surface area contributed by atoms with E-state index in [4.69, 9.17) is 11.6 Å². The van der Waals surface area contributed by atoms with Crippen molar-refractivity contribution < 1.29 is 9.18 Å². The second-order valence-corrected chi connectivity index (χ2v) is 6.46. The zero-order valence-corrected chi connectivity index (χ0v) is 15.2. The quantitative estimate of drug-likeness (QED) is 0.560. The Morgan fingerprint density at radius 2 is 1.57 bits per heavy atom. The number of fused-ring (bicyclic) bond motifs is 1. The molecule has 28 heavy (non-hydrogen) atoms. The van der Waals surface area contributed by atoms with Crippen molar-refractivity contribution in [2.75, 3.05) is 5.32 Å². The van der Waals surface area contributed by atoms with E-state index in [-0.39, 0.29) is 16.9 Å². The summed E-state index contributed by atoms with van der Waals surface area (Å²) in [5.74, 6) is -1.19. The largest absolute Gasteiger partial charge is 0.318 e. The molecule has 4 aromatic rings. The number of carbonyl (C=O) groups is 1. The van der Waals surface area contributed by atoms with Gasteiger partial charge in [0.15, 0.2) is 5.69 Å². The summed E-state index contributed by atoms with van der Waals surface area (Å²) >= 11 is 5.91. The van der Waals surface area contributed by atoms with E-state index in [0.717, 1.165) is 4.68 Å². The number of carbonyl (C=O) groups excluding carboxylic acids is 1. The van der Waals surface area contributed by atoms with Gasteiger partial charge in [0.1, 0.15) is 5.82 Å². The van der Waals surface area contributed by atoms with Crippen molar-refractivity contribution in [3.63, 3.8) is 0 Å². The number of nitrogens with zero attached hydrogens (tertiary/aromatic N) is 2. The van der Waals surface area contributed by atoms with Gasteiger partial charge in [-0.15, -0.1) is 0 Å². The smallest absolute Gasteiger partial charge is 0.279 e. The predicted octanol–water partition coefficient (Wildman–Crippen LogP) is 4.43. The van der Waals surface area contributed by atoms with Gasteiger partial charge in [-0.3, -0.25) is 9.59 Å². The van der Waals surface area contributed by atoms with Gasteiger partial charge < -0.3 is 5.32 Å². The van der Waals surface area contributed by atoms with E-state index in [1.807, 2.05) is 0 Å². The fraction of sp³-hybridized carbons (Fsp3) is 0. The molecule has 1 heterocycles. The molecule has 0 saturated heterocycles. The molecule has 0 aliphatic heterocycles. The summed E-state index contributed by atoms with van der Waals surface area (Å²) in [4.78, 5) is 25.7. The predicted molar refractivity (Wildman–Crippen MR) is 107 cm³/mol. The molecule has 0 atom stereocenters. The van der Waals surface area contributed by atoms with Gasteiger partial charge in [0, 0.05) is 10.4 Å². The molecule has 0 saturated carbocycles. The maximum absolute atomic E-state index is 13.9. The molecule has 0 radical (unpaired) electrons. The standard InChI is InChI=1S/C21H13ClFN3O2/c22-13-9-11-14(12-10-13)26-21(28)16-6-2-1-5-15(16)19(25-26)20(27)24-18-8-4-3-7-17(18)23/h1-12H,(H,24,27). The fourth-order valence-electron chi connectivity index (χ4n) is 2.86. The van der Waals surface area contributed by atoms with Crippen LogP contribution >= 0.6 is 11.6 Å². The summed E-state index contributed by atoms with van der Waals surface area (Å²) in [5, 5.41) is 7.98. The highest BCUT2D eigenvalue weighted by atomic mass is 35.5. The lowest BCUT2D eigenvalue weighted by Gasteiger charge is -2.12. The van der Waals surface area contributed by atoms with Crippen molar-refractivity contribution in [1.82, 2.24) is 9.78 Å². The second-order valence-electron chi connectivity index (χ2n) is 6.02. The second kappa shape index (κ2) is 7.25. The number of para-hydroxylation sites is 1. The Labute approximate surface area is 164 Å². The van der Waals surface area contributed by atoms with Crippen molar-refractivity contribution in [2.45, 2.75) is 0 Å². The van der Waals surface area contributed by atoms with Crippen molar-refractivity contribution >= 4 is 34.0 Å². The molecule has 4 rings (SSSR count). The molecule has 0 bridgehead atoms. The molecule has 5 nitrogen and oxygen atoms in total. The summed E-state index contributed by atoms with van der Waals surface area (Å²) in [6.45, 7) is 0. The normalized spacial score (nSPS) is 10.8. The summed E-state index contributed by atoms with van der Waals surface area (Å²) < 4.78 is 15.1. The minimum atomic E-state index is -0.621. The summed E-state index contributed by atoms with van der Waals surface area (Å²) in [7, 11) is 0. The first-order valence-electron chi connectivity index (χ1n) is 8.38. The third-order valence-electron chi connectivity index (χ3n) is 4.21. The fourth-order valence-corrected chi connectivity index (χ4v) is 2.98. The van der Waals surface area contributed by atoms with Crippen LogP contribution in [-0.4, -0.2) is 15.7 Å². The van der Waals surface area contributed by atoms with Crippen LogP contribution in [0.2, 0.25) is 5.02 Å². The zero-order valence-electron chi connectivity index (χ0n) is 14.4. The lowest BCUT2D eigenvalue weighted by atomic mass is 10.1. The average Bonchev–Trinajstić information content (AvgIpc) is 2.71. The van der Waals surface area contributed by atoms with E-state index >= 15 is 0 Å². The number of hydrogen-bond donors (Lipinski definition) is 1.